The molecule has 0 aromatic heterocycles. The van der Waals surface area contributed by atoms with Crippen LogP contribution in [-0.4, -0.2) is 39.5 Å². The average molecular weight is 347 g/mol. The summed E-state index contributed by atoms with van der Waals surface area (Å²) in [5.41, 5.74) is 0.547. The predicted molar refractivity (Wildman–Crippen MR) is 80.3 cm³/mol. The van der Waals surface area contributed by atoms with Crippen molar-refractivity contribution in [2.24, 2.45) is 11.8 Å². The molecule has 1 aromatic carbocycles. The van der Waals surface area contributed by atoms with Crippen LogP contribution in [0.25, 0.3) is 0 Å². The number of carbonyl (C=O) groups is 2. The Balaban J connectivity index is 2.78. The van der Waals surface area contributed by atoms with Gasteiger partial charge in [0.2, 0.25) is 5.91 Å². The van der Waals surface area contributed by atoms with Gasteiger partial charge in [-0.05, 0) is 24.1 Å². The molecule has 0 aliphatic rings. The minimum atomic E-state index is -4.44. The minimum Gasteiger partial charge on any atom is -0.481 e. The second kappa shape index (κ2) is 8.19. The van der Waals surface area contributed by atoms with Gasteiger partial charge in [-0.15, -0.1) is 0 Å². The van der Waals surface area contributed by atoms with Gasteiger partial charge in [0, 0.05) is 6.54 Å². The molecule has 0 radical (unpaired) electrons. The molecule has 7 nitrogen and oxygen atoms in total. The van der Waals surface area contributed by atoms with Crippen molar-refractivity contribution < 1.29 is 33.4 Å². The van der Waals surface area contributed by atoms with Crippen molar-refractivity contribution in [3.05, 3.63) is 35.6 Å². The lowest BCUT2D eigenvalue weighted by Crippen LogP contribution is -2.38. The highest BCUT2D eigenvalue weighted by molar-refractivity contribution is 7.51. The summed E-state index contributed by atoms with van der Waals surface area (Å²) in [6.45, 7) is 1.26. The summed E-state index contributed by atoms with van der Waals surface area (Å²) in [5, 5.41) is 11.2. The fourth-order valence-electron chi connectivity index (χ4n) is 1.92. The van der Waals surface area contributed by atoms with E-state index in [9.17, 15) is 18.5 Å². The molecule has 1 aromatic rings. The Labute approximate surface area is 132 Å². The Morgan fingerprint density at radius 2 is 1.83 bits per heavy atom. The highest BCUT2D eigenvalue weighted by Crippen LogP contribution is 2.37. The van der Waals surface area contributed by atoms with Crippen LogP contribution in [0.15, 0.2) is 24.3 Å². The molecule has 2 atom stereocenters. The Hall–Kier alpha value is -1.76. The number of halogens is 1. The van der Waals surface area contributed by atoms with Crippen LogP contribution >= 0.6 is 7.60 Å². The van der Waals surface area contributed by atoms with E-state index in [1.165, 1.54) is 31.2 Å². The monoisotopic (exact) mass is 347 g/mol. The molecule has 0 aliphatic heterocycles. The molecule has 0 bridgehead atoms. The van der Waals surface area contributed by atoms with Gasteiger partial charge in [-0.25, -0.2) is 4.39 Å². The molecule has 0 heterocycles. The molecule has 23 heavy (non-hydrogen) atoms. The van der Waals surface area contributed by atoms with Gasteiger partial charge in [-0.1, -0.05) is 19.1 Å². The Kier molecular flexibility index (Phi) is 6.87. The molecule has 2 unspecified atom stereocenters. The molecule has 0 saturated heterocycles. The SMILES string of the molecule is CC(CNC(=O)C(Cc1ccc(F)cc1)CP(=O)(O)O)C(=O)O. The third-order valence-corrected chi connectivity index (χ3v) is 4.14. The Morgan fingerprint density at radius 1 is 1.26 bits per heavy atom. The lowest BCUT2D eigenvalue weighted by molar-refractivity contribution is -0.141. The Bertz CT molecular complexity index is 600. The van der Waals surface area contributed by atoms with Crippen LogP contribution in [0.1, 0.15) is 12.5 Å². The van der Waals surface area contributed by atoms with E-state index in [4.69, 9.17) is 14.9 Å². The number of benzene rings is 1. The fourth-order valence-corrected chi connectivity index (χ4v) is 2.79. The second-order valence-electron chi connectivity index (χ2n) is 5.36. The maximum Gasteiger partial charge on any atom is 0.326 e. The topological polar surface area (TPSA) is 124 Å². The fraction of sp³-hybridized carbons (Fsp3) is 0.429. The first-order valence-electron chi connectivity index (χ1n) is 6.88. The number of aliphatic carboxylic acids is 1. The van der Waals surface area contributed by atoms with Crippen molar-refractivity contribution in [1.29, 1.82) is 0 Å². The van der Waals surface area contributed by atoms with Gasteiger partial charge in [0.1, 0.15) is 5.82 Å². The van der Waals surface area contributed by atoms with E-state index in [0.717, 1.165) is 0 Å². The van der Waals surface area contributed by atoms with Gasteiger partial charge in [-0.3, -0.25) is 14.2 Å². The summed E-state index contributed by atoms with van der Waals surface area (Å²) in [7, 11) is -4.44. The van der Waals surface area contributed by atoms with Crippen molar-refractivity contribution in [1.82, 2.24) is 5.32 Å². The largest absolute Gasteiger partial charge is 0.481 e. The summed E-state index contributed by atoms with van der Waals surface area (Å²) in [4.78, 5) is 41.0. The van der Waals surface area contributed by atoms with E-state index < -0.39 is 43.3 Å². The van der Waals surface area contributed by atoms with E-state index in [0.29, 0.717) is 5.56 Å². The highest BCUT2D eigenvalue weighted by Gasteiger charge is 2.28. The summed E-state index contributed by atoms with van der Waals surface area (Å²) in [6.07, 6.45) is -0.656. The van der Waals surface area contributed by atoms with Crippen molar-refractivity contribution in [2.75, 3.05) is 12.7 Å². The quantitative estimate of drug-likeness (QED) is 0.520. The summed E-state index contributed by atoms with van der Waals surface area (Å²) >= 11 is 0. The van der Waals surface area contributed by atoms with Crippen molar-refractivity contribution in [3.63, 3.8) is 0 Å². The number of hydrogen-bond donors (Lipinski definition) is 4. The van der Waals surface area contributed by atoms with Crippen LogP contribution in [0.5, 0.6) is 0 Å². The van der Waals surface area contributed by atoms with Crippen LogP contribution in [-0.2, 0) is 20.6 Å². The molecule has 0 saturated carbocycles. The molecule has 0 spiro atoms. The number of carboxylic acid groups (broad SMARTS) is 1. The maximum absolute atomic E-state index is 12.9. The third-order valence-electron chi connectivity index (χ3n) is 3.23. The summed E-state index contributed by atoms with van der Waals surface area (Å²) in [5.74, 6) is -4.05. The first kappa shape index (κ1) is 19.3. The molecule has 1 amide bonds. The zero-order valence-corrected chi connectivity index (χ0v) is 13.4. The van der Waals surface area contributed by atoms with Crippen LogP contribution in [0, 0.1) is 17.7 Å². The molecular formula is C14H19FNO6P. The van der Waals surface area contributed by atoms with Gasteiger partial charge in [0.25, 0.3) is 0 Å². The number of carbonyl (C=O) groups excluding carboxylic acids is 1. The summed E-state index contributed by atoms with van der Waals surface area (Å²) in [6, 6.07) is 5.23. The lowest BCUT2D eigenvalue weighted by Gasteiger charge is -2.18. The molecule has 1 rings (SSSR count). The van der Waals surface area contributed by atoms with Gasteiger partial charge in [-0.2, -0.15) is 0 Å². The Morgan fingerprint density at radius 3 is 2.30 bits per heavy atom. The number of hydrogen-bond acceptors (Lipinski definition) is 3. The molecule has 4 N–H and O–H groups in total. The molecule has 128 valence electrons. The average Bonchev–Trinajstić information content (AvgIpc) is 2.44. The molecule has 9 heteroatoms. The van der Waals surface area contributed by atoms with Gasteiger partial charge in [0.05, 0.1) is 18.0 Å². The van der Waals surface area contributed by atoms with E-state index in [1.807, 2.05) is 0 Å². The van der Waals surface area contributed by atoms with Crippen LogP contribution in [0.4, 0.5) is 4.39 Å². The van der Waals surface area contributed by atoms with Gasteiger partial charge < -0.3 is 20.2 Å². The van der Waals surface area contributed by atoms with Gasteiger partial charge in [0.15, 0.2) is 0 Å². The number of carboxylic acids is 1. The van der Waals surface area contributed by atoms with E-state index in [2.05, 4.69) is 5.32 Å². The van der Waals surface area contributed by atoms with Crippen molar-refractivity contribution in [2.45, 2.75) is 13.3 Å². The maximum atomic E-state index is 12.9. The normalized spacial score (nSPS) is 14.1. The van der Waals surface area contributed by atoms with Crippen LogP contribution in [0.3, 0.4) is 0 Å². The van der Waals surface area contributed by atoms with E-state index >= 15 is 0 Å². The van der Waals surface area contributed by atoms with Crippen molar-refractivity contribution in [3.8, 4) is 0 Å². The minimum absolute atomic E-state index is 0.0126. The van der Waals surface area contributed by atoms with E-state index in [-0.39, 0.29) is 13.0 Å². The second-order valence-corrected chi connectivity index (χ2v) is 7.05. The standard InChI is InChI=1S/C14H19FNO6P/c1-9(14(18)19)7-16-13(17)11(8-23(20,21)22)6-10-2-4-12(15)5-3-10/h2-5,9,11H,6-8H2,1H3,(H,16,17)(H,18,19)(H2,20,21,22). The van der Waals surface area contributed by atoms with Crippen LogP contribution in [0.2, 0.25) is 0 Å². The molecule has 0 fully saturated rings. The van der Waals surface area contributed by atoms with Gasteiger partial charge >= 0.3 is 13.6 Å². The molecule has 0 aliphatic carbocycles. The van der Waals surface area contributed by atoms with Crippen molar-refractivity contribution >= 4 is 19.5 Å². The number of rotatable bonds is 8. The highest BCUT2D eigenvalue weighted by atomic mass is 31.2. The number of amides is 1. The molecular weight excluding hydrogens is 328 g/mol. The zero-order chi connectivity index (χ0) is 17.6. The first-order valence-corrected chi connectivity index (χ1v) is 8.68. The summed E-state index contributed by atoms with van der Waals surface area (Å²) < 4.78 is 24.1. The van der Waals surface area contributed by atoms with Crippen LogP contribution < -0.4 is 5.32 Å². The predicted octanol–water partition coefficient (Wildman–Crippen LogP) is 0.999. The lowest BCUT2D eigenvalue weighted by atomic mass is 10.00. The number of nitrogens with one attached hydrogen (secondary N) is 1. The smallest absolute Gasteiger partial charge is 0.326 e. The van der Waals surface area contributed by atoms with E-state index in [1.54, 1.807) is 0 Å². The zero-order valence-electron chi connectivity index (χ0n) is 12.5. The third kappa shape index (κ3) is 7.36. The first-order chi connectivity index (χ1) is 10.6.